The van der Waals surface area contributed by atoms with Crippen molar-refractivity contribution >= 4 is 11.6 Å². The minimum atomic E-state index is 0.349. The van der Waals surface area contributed by atoms with Gasteiger partial charge in [-0.2, -0.15) is 5.10 Å². The highest BCUT2D eigenvalue weighted by Crippen LogP contribution is 2.32. The van der Waals surface area contributed by atoms with E-state index in [0.717, 1.165) is 42.4 Å². The van der Waals surface area contributed by atoms with Gasteiger partial charge in [-0.05, 0) is 50.1 Å². The summed E-state index contributed by atoms with van der Waals surface area (Å²) in [5.74, 6) is 1.70. The van der Waals surface area contributed by atoms with Crippen LogP contribution in [-0.4, -0.2) is 31.2 Å². The van der Waals surface area contributed by atoms with Gasteiger partial charge >= 0.3 is 0 Å². The van der Waals surface area contributed by atoms with Gasteiger partial charge in [0.2, 0.25) is 0 Å². The summed E-state index contributed by atoms with van der Waals surface area (Å²) in [6.07, 6.45) is 8.17. The molecule has 134 valence electrons. The van der Waals surface area contributed by atoms with Crippen LogP contribution in [0.1, 0.15) is 35.7 Å². The Labute approximate surface area is 153 Å². The Morgan fingerprint density at radius 1 is 1.23 bits per heavy atom. The molecule has 1 saturated heterocycles. The third-order valence-corrected chi connectivity index (χ3v) is 4.88. The number of aryl methyl sites for hydroxylation is 2. The van der Waals surface area contributed by atoms with Crippen LogP contribution in [0, 0.1) is 6.92 Å². The van der Waals surface area contributed by atoms with E-state index < -0.39 is 0 Å². The fourth-order valence-corrected chi connectivity index (χ4v) is 3.58. The zero-order valence-corrected chi connectivity index (χ0v) is 15.3. The molecule has 3 aromatic rings. The second-order valence-electron chi connectivity index (χ2n) is 6.89. The summed E-state index contributed by atoms with van der Waals surface area (Å²) in [6, 6.07) is 10.5. The smallest absolute Gasteiger partial charge is 0.134 e. The number of hydrogen-bond acceptors (Lipinski definition) is 5. The van der Waals surface area contributed by atoms with Crippen LogP contribution in [0.5, 0.6) is 0 Å². The number of nitrogens with one attached hydrogen (secondary N) is 1. The quantitative estimate of drug-likeness (QED) is 0.763. The maximum Gasteiger partial charge on any atom is 0.134 e. The normalized spacial score (nSPS) is 17.5. The molecule has 6 nitrogen and oxygen atoms in total. The van der Waals surface area contributed by atoms with Crippen molar-refractivity contribution in [1.29, 1.82) is 0 Å². The van der Waals surface area contributed by atoms with Crippen molar-refractivity contribution in [3.8, 4) is 0 Å². The predicted molar refractivity (Wildman–Crippen MR) is 102 cm³/mol. The molecule has 0 saturated carbocycles. The molecule has 1 unspecified atom stereocenters. The van der Waals surface area contributed by atoms with Gasteiger partial charge in [0.25, 0.3) is 0 Å². The van der Waals surface area contributed by atoms with Crippen LogP contribution in [0.25, 0.3) is 0 Å². The van der Waals surface area contributed by atoms with Crippen molar-refractivity contribution in [2.45, 2.75) is 32.4 Å². The molecule has 0 bridgehead atoms. The molecule has 4 rings (SSSR count). The minimum absolute atomic E-state index is 0.349. The summed E-state index contributed by atoms with van der Waals surface area (Å²) >= 11 is 0. The van der Waals surface area contributed by atoms with E-state index in [9.17, 15) is 0 Å². The summed E-state index contributed by atoms with van der Waals surface area (Å²) in [7, 11) is 1.96. The molecule has 0 aliphatic carbocycles. The van der Waals surface area contributed by atoms with E-state index in [4.69, 9.17) is 4.98 Å². The lowest BCUT2D eigenvalue weighted by Gasteiger charge is -2.23. The van der Waals surface area contributed by atoms with Crippen LogP contribution in [0.15, 0.2) is 48.9 Å². The molecule has 1 fully saturated rings. The number of nitrogens with zero attached hydrogens (tertiary/aromatic N) is 5. The maximum absolute atomic E-state index is 4.87. The van der Waals surface area contributed by atoms with Gasteiger partial charge in [-0.1, -0.05) is 12.1 Å². The Hall–Kier alpha value is -2.73. The van der Waals surface area contributed by atoms with Crippen LogP contribution >= 0.6 is 0 Å². The van der Waals surface area contributed by atoms with Gasteiger partial charge < -0.3 is 5.32 Å². The molecule has 0 spiro atoms. The lowest BCUT2D eigenvalue weighted by Crippen LogP contribution is -2.23. The van der Waals surface area contributed by atoms with E-state index in [1.54, 1.807) is 6.20 Å². The highest BCUT2D eigenvalue weighted by molar-refractivity contribution is 5.55. The van der Waals surface area contributed by atoms with Gasteiger partial charge in [-0.3, -0.25) is 9.58 Å². The van der Waals surface area contributed by atoms with Gasteiger partial charge in [0.15, 0.2) is 0 Å². The van der Waals surface area contributed by atoms with E-state index >= 15 is 0 Å². The van der Waals surface area contributed by atoms with Crippen molar-refractivity contribution in [3.05, 3.63) is 65.7 Å². The average molecular weight is 348 g/mol. The molecule has 6 heteroatoms. The summed E-state index contributed by atoms with van der Waals surface area (Å²) in [6.45, 7) is 4.06. The molecule has 0 radical (unpaired) electrons. The van der Waals surface area contributed by atoms with E-state index in [0.29, 0.717) is 6.04 Å². The summed E-state index contributed by atoms with van der Waals surface area (Å²) in [4.78, 5) is 11.8. The number of aromatic nitrogens is 4. The topological polar surface area (TPSA) is 58.9 Å². The molecule has 1 aliphatic rings. The molecule has 1 aliphatic heterocycles. The van der Waals surface area contributed by atoms with Crippen LogP contribution in [0.4, 0.5) is 11.6 Å². The third kappa shape index (κ3) is 3.60. The van der Waals surface area contributed by atoms with Crippen molar-refractivity contribution in [3.63, 3.8) is 0 Å². The van der Waals surface area contributed by atoms with Gasteiger partial charge in [0.1, 0.15) is 11.6 Å². The SMILES string of the molecule is Cc1cccnc1Nc1cccc(C2CCCN2Cc2cnn(C)c2)n1. The molecule has 1 N–H and O–H groups in total. The number of pyridine rings is 2. The lowest BCUT2D eigenvalue weighted by atomic mass is 10.1. The molecular weight excluding hydrogens is 324 g/mol. The molecule has 4 heterocycles. The molecule has 26 heavy (non-hydrogen) atoms. The second kappa shape index (κ2) is 7.25. The van der Waals surface area contributed by atoms with Gasteiger partial charge in [0.05, 0.1) is 17.9 Å². The van der Waals surface area contributed by atoms with Crippen LogP contribution in [0.3, 0.4) is 0 Å². The summed E-state index contributed by atoms with van der Waals surface area (Å²) < 4.78 is 1.86. The molecule has 0 amide bonds. The Morgan fingerprint density at radius 3 is 2.96 bits per heavy atom. The van der Waals surface area contributed by atoms with E-state index in [-0.39, 0.29) is 0 Å². The number of likely N-dealkylation sites (tertiary alicyclic amines) is 1. The first-order valence-electron chi connectivity index (χ1n) is 9.06. The van der Waals surface area contributed by atoms with E-state index in [2.05, 4.69) is 38.6 Å². The average Bonchev–Trinajstić information content (AvgIpc) is 3.26. The monoisotopic (exact) mass is 348 g/mol. The standard InChI is InChI=1S/C20H24N6/c1-15-6-4-10-21-20(15)24-19-9-3-7-17(23-19)18-8-5-11-26(18)14-16-12-22-25(2)13-16/h3-4,6-7,9-10,12-13,18H,5,8,11,14H2,1-2H3,(H,21,23,24). The largest absolute Gasteiger partial charge is 0.325 e. The third-order valence-electron chi connectivity index (χ3n) is 4.88. The number of anilines is 2. The predicted octanol–water partition coefficient (Wildman–Crippen LogP) is 3.60. The molecule has 0 aromatic carbocycles. The number of hydrogen-bond donors (Lipinski definition) is 1. The Kier molecular flexibility index (Phi) is 4.67. The second-order valence-corrected chi connectivity index (χ2v) is 6.89. The molecular formula is C20H24N6. The molecule has 1 atom stereocenters. The van der Waals surface area contributed by atoms with Crippen LogP contribution in [0.2, 0.25) is 0 Å². The Morgan fingerprint density at radius 2 is 2.15 bits per heavy atom. The van der Waals surface area contributed by atoms with Gasteiger partial charge in [0, 0.05) is 31.5 Å². The first kappa shape index (κ1) is 16.7. The zero-order valence-electron chi connectivity index (χ0n) is 15.3. The Bertz CT molecular complexity index is 887. The summed E-state index contributed by atoms with van der Waals surface area (Å²) in [5.41, 5.74) is 3.47. The summed E-state index contributed by atoms with van der Waals surface area (Å²) in [5, 5.41) is 7.63. The van der Waals surface area contributed by atoms with Crippen molar-refractivity contribution < 1.29 is 0 Å². The first-order valence-corrected chi connectivity index (χ1v) is 9.06. The molecule has 3 aromatic heterocycles. The Balaban J connectivity index is 1.52. The van der Waals surface area contributed by atoms with Crippen molar-refractivity contribution in [2.75, 3.05) is 11.9 Å². The maximum atomic E-state index is 4.87. The van der Waals surface area contributed by atoms with E-state index in [1.165, 1.54) is 12.0 Å². The van der Waals surface area contributed by atoms with Crippen molar-refractivity contribution in [1.82, 2.24) is 24.6 Å². The van der Waals surface area contributed by atoms with E-state index in [1.807, 2.05) is 43.0 Å². The number of rotatable bonds is 5. The zero-order chi connectivity index (χ0) is 17.9. The minimum Gasteiger partial charge on any atom is -0.325 e. The van der Waals surface area contributed by atoms with Crippen LogP contribution in [-0.2, 0) is 13.6 Å². The lowest BCUT2D eigenvalue weighted by molar-refractivity contribution is 0.244. The fraction of sp³-hybridized carbons (Fsp3) is 0.350. The first-order chi connectivity index (χ1) is 12.7. The van der Waals surface area contributed by atoms with Gasteiger partial charge in [-0.15, -0.1) is 0 Å². The fourth-order valence-electron chi connectivity index (χ4n) is 3.58. The highest BCUT2D eigenvalue weighted by atomic mass is 15.3. The highest BCUT2D eigenvalue weighted by Gasteiger charge is 2.27. The van der Waals surface area contributed by atoms with Gasteiger partial charge in [-0.25, -0.2) is 9.97 Å². The van der Waals surface area contributed by atoms with Crippen molar-refractivity contribution in [2.24, 2.45) is 7.05 Å². The van der Waals surface area contributed by atoms with Crippen LogP contribution < -0.4 is 5.32 Å².